The van der Waals surface area contributed by atoms with E-state index in [-0.39, 0.29) is 24.5 Å². The van der Waals surface area contributed by atoms with Crippen LogP contribution in [0.15, 0.2) is 29.1 Å². The van der Waals surface area contributed by atoms with Crippen LogP contribution in [0, 0.1) is 0 Å². The second-order valence-electron chi connectivity index (χ2n) is 8.95. The Kier molecular flexibility index (Phi) is 6.28. The summed E-state index contributed by atoms with van der Waals surface area (Å²) in [6.07, 6.45) is 2.35. The molecule has 5 rings (SSSR count). The largest absolute Gasteiger partial charge is 0.501 e. The van der Waals surface area contributed by atoms with Crippen LogP contribution in [0.4, 0.5) is 5.69 Å². The van der Waals surface area contributed by atoms with Crippen molar-refractivity contribution in [3.05, 3.63) is 51.7 Å². The van der Waals surface area contributed by atoms with E-state index in [2.05, 4.69) is 10.3 Å². The molecule has 3 aliphatic heterocycles. The highest BCUT2D eigenvalue weighted by Crippen LogP contribution is 2.37. The van der Waals surface area contributed by atoms with E-state index in [1.165, 1.54) is 8.87 Å². The zero-order valence-electron chi connectivity index (χ0n) is 19.2. The molecule has 188 valence electrons. The summed E-state index contributed by atoms with van der Waals surface area (Å²) in [5.41, 5.74) is -0.794. The van der Waals surface area contributed by atoms with E-state index < -0.39 is 32.8 Å². The Hall–Kier alpha value is -2.96. The average molecular weight is 505 g/mol. The van der Waals surface area contributed by atoms with Gasteiger partial charge in [0.05, 0.1) is 24.6 Å². The molecule has 2 N–H and O–H groups in total. The van der Waals surface area contributed by atoms with Crippen LogP contribution >= 0.6 is 0 Å². The van der Waals surface area contributed by atoms with Crippen molar-refractivity contribution in [2.45, 2.75) is 44.4 Å². The first-order chi connectivity index (χ1) is 16.8. The summed E-state index contributed by atoms with van der Waals surface area (Å²) in [5, 5.41) is 13.2. The van der Waals surface area contributed by atoms with Crippen molar-refractivity contribution in [1.29, 1.82) is 0 Å². The third-order valence-electron chi connectivity index (χ3n) is 6.81. The van der Waals surface area contributed by atoms with Crippen LogP contribution in [0.5, 0.6) is 5.75 Å². The number of carbonyl (C=O) groups is 1. The Morgan fingerprint density at radius 3 is 2.69 bits per heavy atom. The summed E-state index contributed by atoms with van der Waals surface area (Å²) < 4.78 is 39.4. The number of fused-ring (bicyclic) bond motifs is 2. The molecule has 4 heterocycles. The molecule has 0 aliphatic carbocycles. The fourth-order valence-corrected chi connectivity index (χ4v) is 6.62. The predicted molar refractivity (Wildman–Crippen MR) is 126 cm³/mol. The van der Waals surface area contributed by atoms with Gasteiger partial charge in [-0.05, 0) is 24.5 Å². The number of ether oxygens (including phenoxy) is 2. The lowest BCUT2D eigenvalue weighted by atomic mass is 9.91. The van der Waals surface area contributed by atoms with Crippen LogP contribution in [-0.2, 0) is 38.2 Å². The molecule has 2 fully saturated rings. The summed E-state index contributed by atoms with van der Waals surface area (Å²) in [6, 6.07) is 6.95. The maximum absolute atomic E-state index is 13.1. The summed E-state index contributed by atoms with van der Waals surface area (Å²) >= 11 is 0. The van der Waals surface area contributed by atoms with Crippen LogP contribution in [0.25, 0.3) is 0 Å². The molecule has 1 aromatic heterocycles. The lowest BCUT2D eigenvalue weighted by molar-refractivity contribution is -0.139. The highest BCUT2D eigenvalue weighted by atomic mass is 32.2. The molecule has 0 atom stereocenters. The molecule has 35 heavy (non-hydrogen) atoms. The molecule has 0 bridgehead atoms. The van der Waals surface area contributed by atoms with E-state index >= 15 is 0 Å². The van der Waals surface area contributed by atoms with Crippen molar-refractivity contribution in [3.8, 4) is 5.75 Å². The smallest absolute Gasteiger partial charge is 0.296 e. The number of benzene rings is 1. The first-order valence-corrected chi connectivity index (χ1v) is 13.4. The van der Waals surface area contributed by atoms with Crippen molar-refractivity contribution < 1.29 is 27.8 Å². The Bertz CT molecular complexity index is 1300. The molecule has 0 saturated carbocycles. The third-order valence-corrected chi connectivity index (χ3v) is 8.67. The molecule has 1 spiro atoms. The molecule has 11 nitrogen and oxygen atoms in total. The molecular formula is C23H28N4O7S. The zero-order valence-corrected chi connectivity index (χ0v) is 20.1. The normalized spacial score (nSPS) is 20.9. The van der Waals surface area contributed by atoms with Gasteiger partial charge < -0.3 is 19.9 Å². The number of nitrogens with one attached hydrogen (secondary N) is 1. The number of nitrogens with zero attached hydrogens (tertiary/aromatic N) is 3. The second-order valence-corrected chi connectivity index (χ2v) is 11.0. The minimum absolute atomic E-state index is 0.00392. The number of hydrogen-bond acceptors (Lipinski definition) is 8. The number of anilines is 1. The summed E-state index contributed by atoms with van der Waals surface area (Å²) in [5.74, 6) is -1.05. The average Bonchev–Trinajstić information content (AvgIpc) is 2.86. The van der Waals surface area contributed by atoms with E-state index in [1.54, 1.807) is 24.3 Å². The molecule has 2 aromatic rings. The maximum Gasteiger partial charge on any atom is 0.296 e. The number of aromatic hydroxyl groups is 1. The number of sulfonamides is 1. The van der Waals surface area contributed by atoms with Crippen LogP contribution in [-0.4, -0.2) is 61.1 Å². The molecule has 0 radical (unpaired) electrons. The molecule has 12 heteroatoms. The summed E-state index contributed by atoms with van der Waals surface area (Å²) in [6.45, 7) is 1.79. The minimum Gasteiger partial charge on any atom is -0.501 e. The van der Waals surface area contributed by atoms with Crippen LogP contribution in [0.2, 0.25) is 0 Å². The third kappa shape index (κ3) is 4.30. The van der Waals surface area contributed by atoms with Crippen molar-refractivity contribution in [1.82, 2.24) is 14.9 Å². The molecule has 1 aromatic carbocycles. The second kappa shape index (κ2) is 9.25. The molecule has 2 saturated heterocycles. The molecule has 0 unspecified atom stereocenters. The van der Waals surface area contributed by atoms with Gasteiger partial charge in [-0.1, -0.05) is 18.2 Å². The van der Waals surface area contributed by atoms with Crippen molar-refractivity contribution in [2.75, 3.05) is 36.4 Å². The van der Waals surface area contributed by atoms with Crippen LogP contribution in [0.3, 0.4) is 0 Å². The quantitative estimate of drug-likeness (QED) is 0.625. The standard InChI is InChI=1S/C23H28N4O7S/c28-19-18(25-22-23(7-11-33-12-8-23)34-13-10-26(22)21(19)30)20(29)24-15-16-5-1-2-6-17(16)27-9-3-4-14-35(27,31)32/h1-2,5-6,28H,3-4,7-15H2,(H,24,29). The number of amides is 1. The van der Waals surface area contributed by atoms with Gasteiger partial charge in [-0.15, -0.1) is 0 Å². The molecule has 3 aliphatic rings. The van der Waals surface area contributed by atoms with Gasteiger partial charge >= 0.3 is 0 Å². The lowest BCUT2D eigenvalue weighted by Gasteiger charge is -2.40. The number of aromatic nitrogens is 2. The SMILES string of the molecule is O=C(NCc1ccccc1N1CCCCS1(=O)=O)c1nc2n(c(=O)c1O)CCOC21CCOCC1. The number of rotatable bonds is 4. The van der Waals surface area contributed by atoms with Gasteiger partial charge in [-0.3, -0.25) is 18.5 Å². The van der Waals surface area contributed by atoms with Crippen molar-refractivity contribution in [3.63, 3.8) is 0 Å². The van der Waals surface area contributed by atoms with Crippen molar-refractivity contribution in [2.24, 2.45) is 0 Å². The fraction of sp³-hybridized carbons (Fsp3) is 0.522. The molecule has 1 amide bonds. The fourth-order valence-electron chi connectivity index (χ4n) is 4.95. The Balaban J connectivity index is 1.43. The Morgan fingerprint density at radius 2 is 1.91 bits per heavy atom. The Morgan fingerprint density at radius 1 is 1.14 bits per heavy atom. The highest BCUT2D eigenvalue weighted by molar-refractivity contribution is 7.92. The van der Waals surface area contributed by atoms with Gasteiger partial charge in [0, 0.05) is 39.1 Å². The lowest BCUT2D eigenvalue weighted by Crippen LogP contribution is -2.48. The minimum atomic E-state index is -3.43. The first-order valence-electron chi connectivity index (χ1n) is 11.7. The van der Waals surface area contributed by atoms with E-state index in [0.717, 1.165) is 6.42 Å². The van der Waals surface area contributed by atoms with Gasteiger partial charge in [0.2, 0.25) is 15.8 Å². The van der Waals surface area contributed by atoms with Gasteiger partial charge in [-0.25, -0.2) is 13.4 Å². The summed E-state index contributed by atoms with van der Waals surface area (Å²) in [4.78, 5) is 30.4. The zero-order chi connectivity index (χ0) is 24.6. The van der Waals surface area contributed by atoms with Gasteiger partial charge in [0.25, 0.3) is 11.5 Å². The summed E-state index contributed by atoms with van der Waals surface area (Å²) in [7, 11) is -3.43. The number of para-hydroxylation sites is 1. The monoisotopic (exact) mass is 504 g/mol. The van der Waals surface area contributed by atoms with E-state index in [4.69, 9.17) is 9.47 Å². The Labute approximate surface area is 202 Å². The molecular weight excluding hydrogens is 476 g/mol. The number of carbonyl (C=O) groups excluding carboxylic acids is 1. The van der Waals surface area contributed by atoms with Gasteiger partial charge in [0.1, 0.15) is 11.4 Å². The van der Waals surface area contributed by atoms with Gasteiger partial charge in [0.15, 0.2) is 5.69 Å². The van der Waals surface area contributed by atoms with Crippen LogP contribution in [0.1, 0.15) is 47.6 Å². The van der Waals surface area contributed by atoms with E-state index in [0.29, 0.717) is 62.7 Å². The van der Waals surface area contributed by atoms with Crippen LogP contribution < -0.4 is 15.2 Å². The van der Waals surface area contributed by atoms with Crippen molar-refractivity contribution >= 4 is 21.6 Å². The first kappa shape index (κ1) is 23.8. The maximum atomic E-state index is 13.1. The van der Waals surface area contributed by atoms with E-state index in [9.17, 15) is 23.1 Å². The topological polar surface area (TPSA) is 140 Å². The van der Waals surface area contributed by atoms with E-state index in [1.807, 2.05) is 0 Å². The number of hydrogen-bond donors (Lipinski definition) is 2. The predicted octanol–water partition coefficient (Wildman–Crippen LogP) is 0.845. The highest BCUT2D eigenvalue weighted by Gasteiger charge is 2.43. The van der Waals surface area contributed by atoms with Gasteiger partial charge in [-0.2, -0.15) is 0 Å².